The largest absolute Gasteiger partial charge is 0.381 e. The Morgan fingerprint density at radius 1 is 1.40 bits per heavy atom. The summed E-state index contributed by atoms with van der Waals surface area (Å²) in [5.41, 5.74) is 5.77. The highest BCUT2D eigenvalue weighted by molar-refractivity contribution is 5.76. The molecule has 1 saturated heterocycles. The Morgan fingerprint density at radius 2 is 2.07 bits per heavy atom. The van der Waals surface area contributed by atoms with Gasteiger partial charge < -0.3 is 15.4 Å². The number of amides is 1. The number of likely N-dealkylation sites (tertiary alicyclic amines) is 1. The quantitative estimate of drug-likeness (QED) is 0.687. The number of piperidine rings is 1. The number of nitrogens with zero attached hydrogens (tertiary/aromatic N) is 1. The monoisotopic (exact) mass is 214 g/mol. The molecule has 0 atom stereocenters. The molecule has 4 heteroatoms. The van der Waals surface area contributed by atoms with Gasteiger partial charge >= 0.3 is 0 Å². The standard InChI is InChI=1S/C11H22N2O2/c1-2-8-15-9-5-11(14)13-6-3-10(12)4-7-13/h10H,2-9,12H2,1H3. The van der Waals surface area contributed by atoms with E-state index in [4.69, 9.17) is 10.5 Å². The van der Waals surface area contributed by atoms with Crippen LogP contribution in [-0.4, -0.2) is 43.2 Å². The van der Waals surface area contributed by atoms with Crippen LogP contribution in [0.2, 0.25) is 0 Å². The van der Waals surface area contributed by atoms with Crippen LogP contribution in [0.3, 0.4) is 0 Å². The molecule has 1 heterocycles. The van der Waals surface area contributed by atoms with E-state index in [2.05, 4.69) is 6.92 Å². The average molecular weight is 214 g/mol. The van der Waals surface area contributed by atoms with Gasteiger partial charge in [0.1, 0.15) is 0 Å². The molecule has 0 aromatic heterocycles. The molecule has 15 heavy (non-hydrogen) atoms. The van der Waals surface area contributed by atoms with Crippen molar-refractivity contribution in [2.75, 3.05) is 26.3 Å². The summed E-state index contributed by atoms with van der Waals surface area (Å²) in [4.78, 5) is 13.6. The van der Waals surface area contributed by atoms with Crippen molar-refractivity contribution in [1.29, 1.82) is 0 Å². The Hall–Kier alpha value is -0.610. The molecular weight excluding hydrogens is 192 g/mol. The summed E-state index contributed by atoms with van der Waals surface area (Å²) in [7, 11) is 0. The van der Waals surface area contributed by atoms with E-state index in [1.165, 1.54) is 0 Å². The molecule has 0 aromatic rings. The maximum atomic E-state index is 11.7. The average Bonchev–Trinajstić information content (AvgIpc) is 2.25. The molecule has 0 saturated carbocycles. The smallest absolute Gasteiger partial charge is 0.224 e. The fourth-order valence-corrected chi connectivity index (χ4v) is 1.71. The van der Waals surface area contributed by atoms with Gasteiger partial charge in [0, 0.05) is 25.7 Å². The molecule has 0 bridgehead atoms. The number of hydrogen-bond donors (Lipinski definition) is 1. The van der Waals surface area contributed by atoms with E-state index < -0.39 is 0 Å². The van der Waals surface area contributed by atoms with E-state index in [-0.39, 0.29) is 11.9 Å². The first-order chi connectivity index (χ1) is 7.24. The molecule has 1 amide bonds. The van der Waals surface area contributed by atoms with Crippen molar-refractivity contribution < 1.29 is 9.53 Å². The molecule has 88 valence electrons. The normalized spacial score (nSPS) is 18.1. The molecule has 1 rings (SSSR count). The second kappa shape index (κ2) is 6.80. The van der Waals surface area contributed by atoms with Crippen LogP contribution < -0.4 is 5.73 Å². The van der Waals surface area contributed by atoms with Gasteiger partial charge in [0.05, 0.1) is 13.0 Å². The summed E-state index contributed by atoms with van der Waals surface area (Å²) in [6, 6.07) is 0.283. The highest BCUT2D eigenvalue weighted by Gasteiger charge is 2.19. The SMILES string of the molecule is CCCOCCC(=O)N1CCC(N)CC1. The van der Waals surface area contributed by atoms with Crippen molar-refractivity contribution >= 4 is 5.91 Å². The predicted molar refractivity (Wildman–Crippen MR) is 59.5 cm³/mol. The molecule has 2 N–H and O–H groups in total. The van der Waals surface area contributed by atoms with Crippen molar-refractivity contribution in [2.45, 2.75) is 38.6 Å². The number of ether oxygens (including phenoxy) is 1. The van der Waals surface area contributed by atoms with Gasteiger partial charge in [-0.2, -0.15) is 0 Å². The molecule has 0 spiro atoms. The Kier molecular flexibility index (Phi) is 5.65. The van der Waals surface area contributed by atoms with E-state index in [9.17, 15) is 4.79 Å². The Labute approximate surface area is 91.8 Å². The lowest BCUT2D eigenvalue weighted by atomic mass is 10.1. The van der Waals surface area contributed by atoms with Gasteiger partial charge in [-0.05, 0) is 19.3 Å². The third-order valence-electron chi connectivity index (χ3n) is 2.70. The van der Waals surface area contributed by atoms with Gasteiger partial charge in [0.15, 0.2) is 0 Å². The molecule has 4 nitrogen and oxygen atoms in total. The van der Waals surface area contributed by atoms with Crippen molar-refractivity contribution in [2.24, 2.45) is 5.73 Å². The second-order valence-corrected chi connectivity index (χ2v) is 4.08. The Morgan fingerprint density at radius 3 is 2.67 bits per heavy atom. The molecular formula is C11H22N2O2. The topological polar surface area (TPSA) is 55.6 Å². The maximum Gasteiger partial charge on any atom is 0.224 e. The first kappa shape index (κ1) is 12.5. The number of hydrogen-bond acceptors (Lipinski definition) is 3. The predicted octanol–water partition coefficient (Wildman–Crippen LogP) is 0.753. The Bertz CT molecular complexity index is 189. The maximum absolute atomic E-state index is 11.7. The van der Waals surface area contributed by atoms with E-state index >= 15 is 0 Å². The number of nitrogens with two attached hydrogens (primary N) is 1. The van der Waals surface area contributed by atoms with Crippen molar-refractivity contribution in [1.82, 2.24) is 4.90 Å². The summed E-state index contributed by atoms with van der Waals surface area (Å²) in [5, 5.41) is 0. The number of carbonyl (C=O) groups is 1. The molecule has 1 aliphatic heterocycles. The molecule has 0 aliphatic carbocycles. The summed E-state index contributed by atoms with van der Waals surface area (Å²) >= 11 is 0. The van der Waals surface area contributed by atoms with Crippen molar-refractivity contribution in [3.05, 3.63) is 0 Å². The van der Waals surface area contributed by atoms with Crippen LogP contribution in [0.25, 0.3) is 0 Å². The van der Waals surface area contributed by atoms with Crippen molar-refractivity contribution in [3.63, 3.8) is 0 Å². The lowest BCUT2D eigenvalue weighted by Crippen LogP contribution is -2.43. The van der Waals surface area contributed by atoms with Crippen LogP contribution in [0.1, 0.15) is 32.6 Å². The fraction of sp³-hybridized carbons (Fsp3) is 0.909. The molecule has 1 fully saturated rings. The molecule has 0 aromatic carbocycles. The van der Waals surface area contributed by atoms with Gasteiger partial charge in [-0.15, -0.1) is 0 Å². The minimum Gasteiger partial charge on any atom is -0.381 e. The summed E-state index contributed by atoms with van der Waals surface area (Å²) in [5.74, 6) is 0.206. The van der Waals surface area contributed by atoms with Gasteiger partial charge in [-0.1, -0.05) is 6.92 Å². The third kappa shape index (κ3) is 4.62. The van der Waals surface area contributed by atoms with Gasteiger partial charge in [0.25, 0.3) is 0 Å². The van der Waals surface area contributed by atoms with E-state index in [0.717, 1.165) is 39.0 Å². The Balaban J connectivity index is 2.11. The highest BCUT2D eigenvalue weighted by Crippen LogP contribution is 2.09. The number of carbonyl (C=O) groups excluding carboxylic acids is 1. The second-order valence-electron chi connectivity index (χ2n) is 4.08. The lowest BCUT2D eigenvalue weighted by Gasteiger charge is -2.30. The van der Waals surface area contributed by atoms with E-state index in [0.29, 0.717) is 13.0 Å². The minimum atomic E-state index is 0.206. The van der Waals surface area contributed by atoms with E-state index in [1.807, 2.05) is 4.90 Å². The van der Waals surface area contributed by atoms with Gasteiger partial charge in [0.2, 0.25) is 5.91 Å². The van der Waals surface area contributed by atoms with Crippen LogP contribution in [0, 0.1) is 0 Å². The zero-order valence-electron chi connectivity index (χ0n) is 9.58. The lowest BCUT2D eigenvalue weighted by molar-refractivity contribution is -0.133. The summed E-state index contributed by atoms with van der Waals surface area (Å²) < 4.78 is 5.29. The molecule has 0 unspecified atom stereocenters. The van der Waals surface area contributed by atoms with Crippen LogP contribution in [0.4, 0.5) is 0 Å². The van der Waals surface area contributed by atoms with Crippen LogP contribution in [0.15, 0.2) is 0 Å². The third-order valence-corrected chi connectivity index (χ3v) is 2.70. The van der Waals surface area contributed by atoms with Crippen molar-refractivity contribution in [3.8, 4) is 0 Å². The van der Waals surface area contributed by atoms with Gasteiger partial charge in [-0.3, -0.25) is 4.79 Å². The summed E-state index contributed by atoms with van der Waals surface area (Å²) in [6.45, 7) is 4.99. The first-order valence-electron chi connectivity index (χ1n) is 5.85. The number of rotatable bonds is 5. The van der Waals surface area contributed by atoms with Crippen LogP contribution in [-0.2, 0) is 9.53 Å². The summed E-state index contributed by atoms with van der Waals surface area (Å²) in [6.07, 6.45) is 3.38. The minimum absolute atomic E-state index is 0.206. The van der Waals surface area contributed by atoms with Crippen LogP contribution >= 0.6 is 0 Å². The zero-order chi connectivity index (χ0) is 11.1. The first-order valence-corrected chi connectivity index (χ1v) is 5.85. The van der Waals surface area contributed by atoms with E-state index in [1.54, 1.807) is 0 Å². The van der Waals surface area contributed by atoms with Crippen LogP contribution in [0.5, 0.6) is 0 Å². The van der Waals surface area contributed by atoms with Gasteiger partial charge in [-0.25, -0.2) is 0 Å². The zero-order valence-corrected chi connectivity index (χ0v) is 9.58. The molecule has 0 radical (unpaired) electrons. The molecule has 1 aliphatic rings. The highest BCUT2D eigenvalue weighted by atomic mass is 16.5. The fourth-order valence-electron chi connectivity index (χ4n) is 1.71.